The summed E-state index contributed by atoms with van der Waals surface area (Å²) >= 11 is 1.32. The summed E-state index contributed by atoms with van der Waals surface area (Å²) in [6.07, 6.45) is 3.00. The van der Waals surface area contributed by atoms with Crippen LogP contribution < -0.4 is 4.74 Å². The van der Waals surface area contributed by atoms with Crippen molar-refractivity contribution in [3.05, 3.63) is 29.5 Å². The van der Waals surface area contributed by atoms with Gasteiger partial charge in [-0.3, -0.25) is 0 Å². The average molecular weight is 248 g/mol. The molecule has 0 aliphatic carbocycles. The van der Waals surface area contributed by atoms with Crippen LogP contribution in [0.4, 0.5) is 0 Å². The Balaban J connectivity index is 1.83. The van der Waals surface area contributed by atoms with Crippen LogP contribution in [0.3, 0.4) is 0 Å². The monoisotopic (exact) mass is 248 g/mol. The molecule has 0 radical (unpaired) electrons. The topological polar surface area (TPSA) is 73.9 Å². The van der Waals surface area contributed by atoms with Crippen molar-refractivity contribution in [1.29, 1.82) is 0 Å². The molecule has 3 aromatic heterocycles. The summed E-state index contributed by atoms with van der Waals surface area (Å²) in [5, 5.41) is 0.806. The van der Waals surface area contributed by atoms with E-state index in [9.17, 15) is 0 Å². The molecule has 0 amide bonds. The molecule has 0 saturated heterocycles. The molecule has 0 aromatic carbocycles. The molecule has 0 saturated carbocycles. The Hall–Kier alpha value is -2.02. The second kappa shape index (κ2) is 4.10. The first-order valence-corrected chi connectivity index (χ1v) is 5.70. The molecule has 0 bridgehead atoms. The lowest BCUT2D eigenvalue weighted by Crippen LogP contribution is -1.97. The number of aromatic nitrogens is 4. The first kappa shape index (κ1) is 10.2. The highest BCUT2D eigenvalue weighted by molar-refractivity contribution is 7.05. The molecule has 0 atom stereocenters. The molecular weight excluding hydrogens is 240 g/mol. The lowest BCUT2D eigenvalue weighted by molar-refractivity contribution is 0.292. The fraction of sp³-hybridized carbons (Fsp3) is 0.200. The molecular formula is C10H8N4O2S. The second-order valence-corrected chi connectivity index (χ2v) is 4.17. The van der Waals surface area contributed by atoms with Crippen molar-refractivity contribution in [2.45, 2.75) is 13.5 Å². The number of ether oxygens (including phenoxy) is 1. The molecule has 0 aliphatic heterocycles. The Kier molecular flexibility index (Phi) is 2.45. The third kappa shape index (κ3) is 1.96. The summed E-state index contributed by atoms with van der Waals surface area (Å²) in [6.45, 7) is 2.17. The van der Waals surface area contributed by atoms with Crippen molar-refractivity contribution < 1.29 is 9.15 Å². The van der Waals surface area contributed by atoms with Gasteiger partial charge >= 0.3 is 0 Å². The van der Waals surface area contributed by atoms with Crippen LogP contribution in [0.1, 0.15) is 10.8 Å². The van der Waals surface area contributed by atoms with Gasteiger partial charge in [0.15, 0.2) is 5.01 Å². The van der Waals surface area contributed by atoms with Crippen molar-refractivity contribution in [3.63, 3.8) is 0 Å². The summed E-state index contributed by atoms with van der Waals surface area (Å²) in [5.74, 6) is 1.17. The summed E-state index contributed by atoms with van der Waals surface area (Å²) in [5.41, 5.74) is 1.28. The molecule has 0 fully saturated rings. The molecule has 7 heteroatoms. The van der Waals surface area contributed by atoms with Crippen LogP contribution in [-0.4, -0.2) is 19.3 Å². The zero-order chi connectivity index (χ0) is 11.7. The van der Waals surface area contributed by atoms with Crippen LogP contribution in [0.2, 0.25) is 0 Å². The minimum Gasteiger partial charge on any atom is -0.467 e. The number of fused-ring (bicyclic) bond motifs is 1. The van der Waals surface area contributed by atoms with Gasteiger partial charge in [0.25, 0.3) is 5.88 Å². The molecule has 0 spiro atoms. The summed E-state index contributed by atoms with van der Waals surface area (Å²) in [7, 11) is 0. The number of rotatable bonds is 3. The predicted molar refractivity (Wildman–Crippen MR) is 60.8 cm³/mol. The fourth-order valence-corrected chi connectivity index (χ4v) is 1.96. The van der Waals surface area contributed by atoms with E-state index in [4.69, 9.17) is 9.15 Å². The maximum Gasteiger partial charge on any atom is 0.261 e. The van der Waals surface area contributed by atoms with Crippen molar-refractivity contribution in [3.8, 4) is 5.88 Å². The van der Waals surface area contributed by atoms with Crippen molar-refractivity contribution in [2.75, 3.05) is 0 Å². The van der Waals surface area contributed by atoms with Crippen molar-refractivity contribution in [2.24, 2.45) is 0 Å². The minimum atomic E-state index is 0.332. The summed E-state index contributed by atoms with van der Waals surface area (Å²) in [4.78, 5) is 12.3. The number of nitrogens with zero attached hydrogens (tertiary/aromatic N) is 4. The van der Waals surface area contributed by atoms with Crippen LogP contribution in [0, 0.1) is 6.92 Å². The molecule has 0 aliphatic rings. The first-order chi connectivity index (χ1) is 8.33. The lowest BCUT2D eigenvalue weighted by Gasteiger charge is -2.01. The molecule has 86 valence electrons. The maximum absolute atomic E-state index is 5.54. The van der Waals surface area contributed by atoms with E-state index >= 15 is 0 Å². The average Bonchev–Trinajstić information content (AvgIpc) is 2.94. The second-order valence-electron chi connectivity index (χ2n) is 3.34. The van der Waals surface area contributed by atoms with E-state index in [0.29, 0.717) is 18.1 Å². The zero-order valence-electron chi connectivity index (χ0n) is 8.95. The van der Waals surface area contributed by atoms with Crippen molar-refractivity contribution >= 4 is 22.6 Å². The van der Waals surface area contributed by atoms with E-state index in [-0.39, 0.29) is 0 Å². The number of hydrogen-bond donors (Lipinski definition) is 0. The summed E-state index contributed by atoms with van der Waals surface area (Å²) < 4.78 is 14.9. The van der Waals surface area contributed by atoms with Gasteiger partial charge in [-0.25, -0.2) is 9.97 Å². The molecule has 0 unspecified atom stereocenters. The molecule has 3 heterocycles. The highest BCUT2D eigenvalue weighted by Crippen LogP contribution is 2.22. The Morgan fingerprint density at radius 2 is 2.35 bits per heavy atom. The van der Waals surface area contributed by atoms with Gasteiger partial charge in [0.2, 0.25) is 5.58 Å². The Morgan fingerprint density at radius 1 is 1.41 bits per heavy atom. The van der Waals surface area contributed by atoms with Gasteiger partial charge in [0.1, 0.15) is 24.3 Å². The third-order valence-electron chi connectivity index (χ3n) is 2.11. The van der Waals surface area contributed by atoms with E-state index in [1.807, 2.05) is 6.92 Å². The molecule has 6 nitrogen and oxygen atoms in total. The van der Waals surface area contributed by atoms with Gasteiger partial charge < -0.3 is 9.15 Å². The largest absolute Gasteiger partial charge is 0.467 e. The zero-order valence-corrected chi connectivity index (χ0v) is 9.77. The highest BCUT2D eigenvalue weighted by Gasteiger charge is 2.09. The SMILES string of the molecule is Cc1nsc(COc2ncnc3ccoc23)n1. The van der Waals surface area contributed by atoms with E-state index in [0.717, 1.165) is 16.3 Å². The van der Waals surface area contributed by atoms with E-state index in [1.165, 1.54) is 17.9 Å². The van der Waals surface area contributed by atoms with Crippen molar-refractivity contribution in [1.82, 2.24) is 19.3 Å². The minimum absolute atomic E-state index is 0.332. The quantitative estimate of drug-likeness (QED) is 0.705. The number of hydrogen-bond acceptors (Lipinski definition) is 7. The van der Waals surface area contributed by atoms with E-state index in [2.05, 4.69) is 19.3 Å². The maximum atomic E-state index is 5.54. The van der Waals surface area contributed by atoms with E-state index < -0.39 is 0 Å². The Bertz CT molecular complexity index is 648. The molecule has 3 aromatic rings. The van der Waals surface area contributed by atoms with Gasteiger partial charge in [0.05, 0.1) is 6.26 Å². The van der Waals surface area contributed by atoms with Gasteiger partial charge in [-0.05, 0) is 18.5 Å². The predicted octanol–water partition coefficient (Wildman–Crippen LogP) is 1.96. The van der Waals surface area contributed by atoms with Gasteiger partial charge in [-0.1, -0.05) is 0 Å². The third-order valence-corrected chi connectivity index (χ3v) is 2.89. The van der Waals surface area contributed by atoms with Gasteiger partial charge in [-0.2, -0.15) is 9.36 Å². The highest BCUT2D eigenvalue weighted by atomic mass is 32.1. The van der Waals surface area contributed by atoms with Crippen LogP contribution in [0.25, 0.3) is 11.1 Å². The Labute approximate surface area is 100 Å². The van der Waals surface area contributed by atoms with Crippen LogP contribution >= 0.6 is 11.5 Å². The standard InChI is InChI=1S/C10H8N4O2S/c1-6-13-8(17-14-6)4-16-10-9-7(2-3-15-9)11-5-12-10/h2-3,5H,4H2,1H3. The van der Waals surface area contributed by atoms with Crippen LogP contribution in [0.15, 0.2) is 23.1 Å². The van der Waals surface area contributed by atoms with Gasteiger partial charge in [0, 0.05) is 6.07 Å². The summed E-state index contributed by atoms with van der Waals surface area (Å²) in [6, 6.07) is 1.76. The van der Waals surface area contributed by atoms with E-state index in [1.54, 1.807) is 12.3 Å². The van der Waals surface area contributed by atoms with Crippen LogP contribution in [0.5, 0.6) is 5.88 Å². The smallest absolute Gasteiger partial charge is 0.261 e. The molecule has 17 heavy (non-hydrogen) atoms. The number of furan rings is 1. The Morgan fingerprint density at radius 3 is 3.18 bits per heavy atom. The normalized spacial score (nSPS) is 10.9. The fourth-order valence-electron chi connectivity index (χ4n) is 1.40. The number of aryl methyl sites for hydroxylation is 1. The van der Waals surface area contributed by atoms with Gasteiger partial charge in [-0.15, -0.1) is 0 Å². The first-order valence-electron chi connectivity index (χ1n) is 4.93. The molecule has 3 rings (SSSR count). The molecule has 0 N–H and O–H groups in total. The van der Waals surface area contributed by atoms with Crippen LogP contribution in [-0.2, 0) is 6.61 Å². The lowest BCUT2D eigenvalue weighted by atomic mass is 10.4.